The summed E-state index contributed by atoms with van der Waals surface area (Å²) in [5.41, 5.74) is 7.21. The van der Waals surface area contributed by atoms with Gasteiger partial charge in [-0.1, -0.05) is 34.1 Å². The van der Waals surface area contributed by atoms with Crippen molar-refractivity contribution in [2.75, 3.05) is 17.7 Å². The topological polar surface area (TPSA) is 59.2 Å². The predicted molar refractivity (Wildman–Crippen MR) is 79.9 cm³/mol. The largest absolute Gasteiger partial charge is 0.384 e. The molecule has 0 aliphatic heterocycles. The molecular weight excluding hydrogens is 306 g/mol. The molecule has 0 saturated carbocycles. The molecule has 2 aromatic rings. The highest BCUT2D eigenvalue weighted by Gasteiger charge is 2.13. The number of aromatic nitrogens is 1. The maximum absolute atomic E-state index is 12.2. The summed E-state index contributed by atoms with van der Waals surface area (Å²) in [7, 11) is 1.73. The molecule has 0 saturated heterocycles. The second-order valence-electron chi connectivity index (χ2n) is 4.16. The zero-order valence-electron chi connectivity index (χ0n) is 10.5. The van der Waals surface area contributed by atoms with Crippen molar-refractivity contribution < 1.29 is 4.79 Å². The van der Waals surface area contributed by atoms with Crippen molar-refractivity contribution in [3.63, 3.8) is 0 Å². The second kappa shape index (κ2) is 5.84. The third kappa shape index (κ3) is 3.32. The first-order valence-corrected chi connectivity index (χ1v) is 6.58. The van der Waals surface area contributed by atoms with Crippen LogP contribution in [0.3, 0.4) is 0 Å². The molecule has 0 unspecified atom stereocenters. The van der Waals surface area contributed by atoms with Crippen LogP contribution >= 0.6 is 15.9 Å². The minimum Gasteiger partial charge on any atom is -0.384 e. The van der Waals surface area contributed by atoms with Crippen LogP contribution in [-0.2, 0) is 11.2 Å². The summed E-state index contributed by atoms with van der Waals surface area (Å²) in [6.45, 7) is 0. The van der Waals surface area contributed by atoms with Crippen LogP contribution in [0.4, 0.5) is 11.5 Å². The van der Waals surface area contributed by atoms with Crippen molar-refractivity contribution >= 4 is 33.3 Å². The van der Waals surface area contributed by atoms with Gasteiger partial charge in [-0.3, -0.25) is 4.79 Å². The summed E-state index contributed by atoms with van der Waals surface area (Å²) >= 11 is 3.44. The van der Waals surface area contributed by atoms with Gasteiger partial charge in [0.1, 0.15) is 5.82 Å². The van der Waals surface area contributed by atoms with Gasteiger partial charge in [-0.25, -0.2) is 4.98 Å². The molecule has 98 valence electrons. The molecule has 0 aliphatic carbocycles. The van der Waals surface area contributed by atoms with E-state index in [2.05, 4.69) is 20.9 Å². The van der Waals surface area contributed by atoms with Crippen LogP contribution in [0, 0.1) is 0 Å². The molecule has 0 aliphatic rings. The van der Waals surface area contributed by atoms with Crippen LogP contribution in [0.15, 0.2) is 47.1 Å². The molecule has 4 nitrogen and oxygen atoms in total. The number of rotatable bonds is 3. The Balaban J connectivity index is 2.12. The first-order chi connectivity index (χ1) is 9.08. The van der Waals surface area contributed by atoms with E-state index in [4.69, 9.17) is 5.73 Å². The molecule has 2 N–H and O–H groups in total. The van der Waals surface area contributed by atoms with Crippen LogP contribution < -0.4 is 10.6 Å². The average molecular weight is 320 g/mol. The normalized spacial score (nSPS) is 10.2. The summed E-state index contributed by atoms with van der Waals surface area (Å²) in [5.74, 6) is 0.439. The van der Waals surface area contributed by atoms with Crippen LogP contribution in [0.1, 0.15) is 5.56 Å². The number of hydrogen-bond acceptors (Lipinski definition) is 3. The molecule has 0 atom stereocenters. The van der Waals surface area contributed by atoms with E-state index >= 15 is 0 Å². The molecule has 0 bridgehead atoms. The number of pyridine rings is 1. The molecule has 5 heteroatoms. The van der Waals surface area contributed by atoms with Gasteiger partial charge in [0.05, 0.1) is 18.3 Å². The number of nitrogens with two attached hydrogens (primary N) is 1. The van der Waals surface area contributed by atoms with E-state index in [0.717, 1.165) is 15.7 Å². The van der Waals surface area contributed by atoms with Gasteiger partial charge >= 0.3 is 0 Å². The molecule has 2 rings (SSSR count). The second-order valence-corrected chi connectivity index (χ2v) is 5.02. The number of carbonyl (C=O) groups is 1. The Morgan fingerprint density at radius 3 is 2.68 bits per heavy atom. The van der Waals surface area contributed by atoms with Gasteiger partial charge in [-0.05, 0) is 23.8 Å². The Morgan fingerprint density at radius 2 is 2.05 bits per heavy atom. The van der Waals surface area contributed by atoms with Crippen LogP contribution in [0.5, 0.6) is 0 Å². The Morgan fingerprint density at radius 1 is 1.32 bits per heavy atom. The molecule has 1 heterocycles. The van der Waals surface area contributed by atoms with Gasteiger partial charge in [0.15, 0.2) is 0 Å². The van der Waals surface area contributed by atoms with E-state index in [1.807, 2.05) is 24.3 Å². The fourth-order valence-electron chi connectivity index (χ4n) is 1.66. The lowest BCUT2D eigenvalue weighted by Gasteiger charge is -2.17. The number of nitrogens with zero attached hydrogens (tertiary/aromatic N) is 2. The number of halogens is 1. The molecule has 0 spiro atoms. The summed E-state index contributed by atoms with van der Waals surface area (Å²) in [6.07, 6.45) is 1.93. The van der Waals surface area contributed by atoms with Gasteiger partial charge in [-0.15, -0.1) is 0 Å². The third-order valence-electron chi connectivity index (χ3n) is 2.83. The smallest absolute Gasteiger partial charge is 0.231 e. The van der Waals surface area contributed by atoms with E-state index in [0.29, 0.717) is 12.2 Å². The average Bonchev–Trinajstić information content (AvgIpc) is 2.41. The standard InChI is InChI=1S/C14H14BrN3O/c1-18(11-6-7-13(16)17-9-11)14(19)8-10-4-2-3-5-12(10)15/h2-7,9H,8H2,1H3,(H2,16,17). The van der Waals surface area contributed by atoms with E-state index in [9.17, 15) is 4.79 Å². The Hall–Kier alpha value is -1.88. The fourth-order valence-corrected chi connectivity index (χ4v) is 2.09. The molecule has 1 aromatic carbocycles. The SMILES string of the molecule is CN(C(=O)Cc1ccccc1Br)c1ccc(N)nc1. The summed E-state index contributed by atoms with van der Waals surface area (Å²) in [4.78, 5) is 17.8. The van der Waals surface area contributed by atoms with Crippen molar-refractivity contribution in [3.05, 3.63) is 52.6 Å². The highest BCUT2D eigenvalue weighted by Crippen LogP contribution is 2.19. The minimum absolute atomic E-state index is 0.00142. The number of carbonyl (C=O) groups excluding carboxylic acids is 1. The van der Waals surface area contributed by atoms with Crippen molar-refractivity contribution in [3.8, 4) is 0 Å². The minimum atomic E-state index is -0.00142. The van der Waals surface area contributed by atoms with Crippen LogP contribution in [0.25, 0.3) is 0 Å². The van der Waals surface area contributed by atoms with E-state index in [1.165, 1.54) is 0 Å². The summed E-state index contributed by atoms with van der Waals surface area (Å²) < 4.78 is 0.937. The molecule has 1 amide bonds. The van der Waals surface area contributed by atoms with E-state index < -0.39 is 0 Å². The lowest BCUT2D eigenvalue weighted by molar-refractivity contribution is -0.117. The highest BCUT2D eigenvalue weighted by atomic mass is 79.9. The Bertz CT molecular complexity index is 583. The zero-order chi connectivity index (χ0) is 13.8. The molecule has 19 heavy (non-hydrogen) atoms. The van der Waals surface area contributed by atoms with Crippen molar-refractivity contribution in [2.24, 2.45) is 0 Å². The predicted octanol–water partition coefficient (Wildman–Crippen LogP) is 2.63. The first-order valence-electron chi connectivity index (χ1n) is 5.79. The third-order valence-corrected chi connectivity index (χ3v) is 3.61. The lowest BCUT2D eigenvalue weighted by Crippen LogP contribution is -2.28. The van der Waals surface area contributed by atoms with Gasteiger partial charge in [0.2, 0.25) is 5.91 Å². The molecule has 0 fully saturated rings. The van der Waals surface area contributed by atoms with Crippen molar-refractivity contribution in [2.45, 2.75) is 6.42 Å². The molecule has 0 radical (unpaired) electrons. The van der Waals surface area contributed by atoms with Gasteiger partial charge < -0.3 is 10.6 Å². The number of likely N-dealkylation sites (N-methyl/N-ethyl adjacent to an activating group) is 1. The number of anilines is 2. The van der Waals surface area contributed by atoms with Gasteiger partial charge in [-0.2, -0.15) is 0 Å². The van der Waals surface area contributed by atoms with E-state index in [-0.39, 0.29) is 5.91 Å². The highest BCUT2D eigenvalue weighted by molar-refractivity contribution is 9.10. The number of nitrogen functional groups attached to an aromatic ring is 1. The number of amides is 1. The Labute approximate surface area is 120 Å². The quantitative estimate of drug-likeness (QED) is 0.946. The Kier molecular flexibility index (Phi) is 4.16. The number of hydrogen-bond donors (Lipinski definition) is 1. The summed E-state index contributed by atoms with van der Waals surface area (Å²) in [5, 5.41) is 0. The zero-order valence-corrected chi connectivity index (χ0v) is 12.1. The van der Waals surface area contributed by atoms with E-state index in [1.54, 1.807) is 30.3 Å². The van der Waals surface area contributed by atoms with Crippen molar-refractivity contribution in [1.82, 2.24) is 4.98 Å². The maximum Gasteiger partial charge on any atom is 0.231 e. The lowest BCUT2D eigenvalue weighted by atomic mass is 10.1. The van der Waals surface area contributed by atoms with Crippen LogP contribution in [0.2, 0.25) is 0 Å². The number of benzene rings is 1. The van der Waals surface area contributed by atoms with Crippen molar-refractivity contribution in [1.29, 1.82) is 0 Å². The van der Waals surface area contributed by atoms with Crippen LogP contribution in [-0.4, -0.2) is 17.9 Å². The molecular formula is C14H14BrN3O. The monoisotopic (exact) mass is 319 g/mol. The van der Waals surface area contributed by atoms with Gasteiger partial charge in [0, 0.05) is 11.5 Å². The molecule has 1 aromatic heterocycles. The maximum atomic E-state index is 12.2. The first kappa shape index (κ1) is 13.5. The fraction of sp³-hybridized carbons (Fsp3) is 0.143. The van der Waals surface area contributed by atoms with Gasteiger partial charge in [0.25, 0.3) is 0 Å². The summed E-state index contributed by atoms with van der Waals surface area (Å²) in [6, 6.07) is 11.1.